The Morgan fingerprint density at radius 1 is 1.14 bits per heavy atom. The van der Waals surface area contributed by atoms with Gasteiger partial charge in [0.2, 0.25) is 0 Å². The largest absolute Gasteiger partial charge is 0.492 e. The molecule has 148 valence electrons. The fraction of sp³-hybridized carbons (Fsp3) is 0.364. The molecule has 2 amide bonds. The first-order valence-electron chi connectivity index (χ1n) is 9.57. The lowest BCUT2D eigenvalue weighted by molar-refractivity contribution is 0.0792. The lowest BCUT2D eigenvalue weighted by atomic mass is 10.1. The Labute approximate surface area is 174 Å². The number of benzene rings is 2. The van der Waals surface area contributed by atoms with Crippen LogP contribution in [0, 0.1) is 5.92 Å². The van der Waals surface area contributed by atoms with E-state index in [1.54, 1.807) is 36.4 Å². The van der Waals surface area contributed by atoms with Gasteiger partial charge in [0.1, 0.15) is 5.75 Å². The molecule has 2 aromatic carbocycles. The number of carbonyl (C=O) groups excluding carboxylic acids is 2. The molecule has 1 fully saturated rings. The van der Waals surface area contributed by atoms with Crippen LogP contribution in [0.25, 0.3) is 0 Å². The third-order valence-corrected chi connectivity index (χ3v) is 5.01. The van der Waals surface area contributed by atoms with Gasteiger partial charge in [-0.25, -0.2) is 0 Å². The first-order valence-corrected chi connectivity index (χ1v) is 10.4. The van der Waals surface area contributed by atoms with Crippen molar-refractivity contribution in [2.24, 2.45) is 5.92 Å². The number of carbonyl (C=O) groups is 2. The van der Waals surface area contributed by atoms with Gasteiger partial charge < -0.3 is 15.0 Å². The number of rotatable bonds is 6. The Kier molecular flexibility index (Phi) is 6.73. The van der Waals surface area contributed by atoms with Gasteiger partial charge in [0.15, 0.2) is 0 Å². The Morgan fingerprint density at radius 2 is 1.89 bits per heavy atom. The summed E-state index contributed by atoms with van der Waals surface area (Å²) in [4.78, 5) is 27.3. The van der Waals surface area contributed by atoms with Gasteiger partial charge >= 0.3 is 0 Å². The van der Waals surface area contributed by atoms with Crippen molar-refractivity contribution < 1.29 is 14.3 Å². The summed E-state index contributed by atoms with van der Waals surface area (Å²) in [6.45, 7) is 6.23. The van der Waals surface area contributed by atoms with Gasteiger partial charge in [-0.05, 0) is 55.2 Å². The SMILES string of the molecule is CC(C)COc1ccc(Br)cc1C(=O)Nc1cccc(C(=O)N2CCCC2)c1. The van der Waals surface area contributed by atoms with E-state index in [0.717, 1.165) is 30.4 Å². The van der Waals surface area contributed by atoms with E-state index >= 15 is 0 Å². The second-order valence-corrected chi connectivity index (χ2v) is 8.30. The predicted octanol–water partition coefficient (Wildman–Crippen LogP) is 4.97. The van der Waals surface area contributed by atoms with Crippen molar-refractivity contribution >= 4 is 33.4 Å². The molecule has 0 bridgehead atoms. The van der Waals surface area contributed by atoms with Crippen molar-refractivity contribution in [1.82, 2.24) is 4.90 Å². The molecule has 5 nitrogen and oxygen atoms in total. The molecule has 3 rings (SSSR count). The second-order valence-electron chi connectivity index (χ2n) is 7.38. The van der Waals surface area contributed by atoms with E-state index in [1.165, 1.54) is 0 Å². The summed E-state index contributed by atoms with van der Waals surface area (Å²) in [5.41, 5.74) is 1.63. The second kappa shape index (κ2) is 9.24. The average molecular weight is 445 g/mol. The summed E-state index contributed by atoms with van der Waals surface area (Å²) >= 11 is 3.41. The molecule has 0 aromatic heterocycles. The highest BCUT2D eigenvalue weighted by Crippen LogP contribution is 2.25. The Bertz CT molecular complexity index is 861. The van der Waals surface area contributed by atoms with Crippen LogP contribution < -0.4 is 10.1 Å². The number of nitrogens with one attached hydrogen (secondary N) is 1. The topological polar surface area (TPSA) is 58.6 Å². The van der Waals surface area contributed by atoms with Gasteiger partial charge in [0, 0.05) is 28.8 Å². The zero-order valence-corrected chi connectivity index (χ0v) is 17.8. The minimum atomic E-state index is -0.272. The fourth-order valence-electron chi connectivity index (χ4n) is 3.09. The molecule has 1 aliphatic heterocycles. The summed E-state index contributed by atoms with van der Waals surface area (Å²) in [6.07, 6.45) is 2.09. The fourth-order valence-corrected chi connectivity index (χ4v) is 3.45. The van der Waals surface area contributed by atoms with Crippen LogP contribution in [-0.4, -0.2) is 36.4 Å². The van der Waals surface area contributed by atoms with Crippen LogP contribution in [0.4, 0.5) is 5.69 Å². The predicted molar refractivity (Wildman–Crippen MR) is 114 cm³/mol. The number of hydrogen-bond donors (Lipinski definition) is 1. The standard InChI is InChI=1S/C22H25BrN2O3/c1-15(2)14-28-20-9-8-17(23)13-19(20)21(26)24-18-7-5-6-16(12-18)22(27)25-10-3-4-11-25/h5-9,12-13,15H,3-4,10-11,14H2,1-2H3,(H,24,26). The van der Waals surface area contributed by atoms with E-state index in [0.29, 0.717) is 35.1 Å². The number of ether oxygens (including phenoxy) is 1. The maximum atomic E-state index is 12.9. The van der Waals surface area contributed by atoms with Crippen LogP contribution in [0.15, 0.2) is 46.9 Å². The highest BCUT2D eigenvalue weighted by Gasteiger charge is 2.20. The van der Waals surface area contributed by atoms with E-state index in [-0.39, 0.29) is 11.8 Å². The van der Waals surface area contributed by atoms with Crippen molar-refractivity contribution in [1.29, 1.82) is 0 Å². The molecule has 0 radical (unpaired) electrons. The molecule has 0 unspecified atom stereocenters. The van der Waals surface area contributed by atoms with Crippen molar-refractivity contribution in [2.45, 2.75) is 26.7 Å². The third-order valence-electron chi connectivity index (χ3n) is 4.52. The van der Waals surface area contributed by atoms with Crippen molar-refractivity contribution in [3.05, 3.63) is 58.1 Å². The number of likely N-dealkylation sites (tertiary alicyclic amines) is 1. The number of hydrogen-bond acceptors (Lipinski definition) is 3. The molecule has 28 heavy (non-hydrogen) atoms. The summed E-state index contributed by atoms with van der Waals surface area (Å²) < 4.78 is 6.60. The van der Waals surface area contributed by atoms with Crippen LogP contribution in [0.5, 0.6) is 5.75 Å². The quantitative estimate of drug-likeness (QED) is 0.683. The molecule has 0 aliphatic carbocycles. The van der Waals surface area contributed by atoms with E-state index in [1.807, 2.05) is 11.0 Å². The van der Waals surface area contributed by atoms with E-state index in [4.69, 9.17) is 4.74 Å². The van der Waals surface area contributed by atoms with Crippen LogP contribution in [0.1, 0.15) is 47.4 Å². The molecule has 1 heterocycles. The van der Waals surface area contributed by atoms with Gasteiger partial charge in [0.05, 0.1) is 12.2 Å². The summed E-state index contributed by atoms with van der Waals surface area (Å²) in [5.74, 6) is 0.634. The first kappa shape index (κ1) is 20.4. The summed E-state index contributed by atoms with van der Waals surface area (Å²) in [6, 6.07) is 12.5. The van der Waals surface area contributed by atoms with E-state index < -0.39 is 0 Å². The Balaban J connectivity index is 1.77. The molecular weight excluding hydrogens is 420 g/mol. The monoisotopic (exact) mass is 444 g/mol. The Hall–Kier alpha value is -2.34. The van der Waals surface area contributed by atoms with E-state index in [2.05, 4.69) is 35.1 Å². The normalized spacial score (nSPS) is 13.6. The maximum absolute atomic E-state index is 12.9. The number of anilines is 1. The lowest BCUT2D eigenvalue weighted by Gasteiger charge is -2.16. The lowest BCUT2D eigenvalue weighted by Crippen LogP contribution is -2.27. The number of nitrogens with zero attached hydrogens (tertiary/aromatic N) is 1. The molecular formula is C22H25BrN2O3. The molecule has 6 heteroatoms. The van der Waals surface area contributed by atoms with Crippen LogP contribution in [0.3, 0.4) is 0 Å². The molecule has 1 N–H and O–H groups in total. The van der Waals surface area contributed by atoms with E-state index in [9.17, 15) is 9.59 Å². The first-order chi connectivity index (χ1) is 13.4. The molecule has 0 saturated carbocycles. The molecule has 1 saturated heterocycles. The smallest absolute Gasteiger partial charge is 0.259 e. The summed E-state index contributed by atoms with van der Waals surface area (Å²) in [7, 11) is 0. The van der Waals surface area contributed by atoms with Gasteiger partial charge in [-0.1, -0.05) is 35.8 Å². The number of halogens is 1. The van der Waals surface area contributed by atoms with Crippen LogP contribution in [0.2, 0.25) is 0 Å². The van der Waals surface area contributed by atoms with Crippen LogP contribution >= 0.6 is 15.9 Å². The molecule has 1 aliphatic rings. The average Bonchev–Trinajstić information content (AvgIpc) is 3.21. The maximum Gasteiger partial charge on any atom is 0.259 e. The van der Waals surface area contributed by atoms with Gasteiger partial charge in [-0.2, -0.15) is 0 Å². The molecule has 0 spiro atoms. The van der Waals surface area contributed by atoms with Gasteiger partial charge in [-0.15, -0.1) is 0 Å². The molecule has 0 atom stereocenters. The van der Waals surface area contributed by atoms with Crippen molar-refractivity contribution in [2.75, 3.05) is 25.0 Å². The zero-order valence-electron chi connectivity index (χ0n) is 16.2. The van der Waals surface area contributed by atoms with Crippen molar-refractivity contribution in [3.63, 3.8) is 0 Å². The minimum absolute atomic E-state index is 0.0111. The number of amides is 2. The Morgan fingerprint density at radius 3 is 2.61 bits per heavy atom. The summed E-state index contributed by atoms with van der Waals surface area (Å²) in [5, 5.41) is 2.89. The van der Waals surface area contributed by atoms with Crippen molar-refractivity contribution in [3.8, 4) is 5.75 Å². The van der Waals surface area contributed by atoms with Gasteiger partial charge in [0.25, 0.3) is 11.8 Å². The third kappa shape index (κ3) is 5.13. The highest BCUT2D eigenvalue weighted by molar-refractivity contribution is 9.10. The zero-order chi connectivity index (χ0) is 20.1. The van der Waals surface area contributed by atoms with Gasteiger partial charge in [-0.3, -0.25) is 9.59 Å². The highest BCUT2D eigenvalue weighted by atomic mass is 79.9. The minimum Gasteiger partial charge on any atom is -0.492 e. The van der Waals surface area contributed by atoms with Crippen LogP contribution in [-0.2, 0) is 0 Å². The molecule has 2 aromatic rings.